The third kappa shape index (κ3) is 2.14. The highest BCUT2D eigenvalue weighted by molar-refractivity contribution is 5.85. The SMILES string of the molecule is CNC1(C(N)=O)CCCC1CCn1ccnc1C. The number of rotatable bonds is 5. The van der Waals surface area contributed by atoms with E-state index in [0.29, 0.717) is 5.92 Å². The second-order valence-corrected chi connectivity index (χ2v) is 5.13. The zero-order chi connectivity index (χ0) is 13.2. The van der Waals surface area contributed by atoms with E-state index in [4.69, 9.17) is 5.73 Å². The monoisotopic (exact) mass is 250 g/mol. The van der Waals surface area contributed by atoms with Crippen LogP contribution in [0.5, 0.6) is 0 Å². The molecule has 0 radical (unpaired) electrons. The number of nitrogens with two attached hydrogens (primary N) is 1. The van der Waals surface area contributed by atoms with Gasteiger partial charge in [0.15, 0.2) is 0 Å². The summed E-state index contributed by atoms with van der Waals surface area (Å²) in [5.41, 5.74) is 5.09. The lowest BCUT2D eigenvalue weighted by atomic mass is 9.84. The van der Waals surface area contributed by atoms with Gasteiger partial charge in [0.1, 0.15) is 11.4 Å². The predicted molar refractivity (Wildman–Crippen MR) is 69.9 cm³/mol. The van der Waals surface area contributed by atoms with E-state index in [1.807, 2.05) is 26.4 Å². The molecule has 1 aliphatic carbocycles. The van der Waals surface area contributed by atoms with Crippen molar-refractivity contribution in [2.45, 2.75) is 44.7 Å². The van der Waals surface area contributed by atoms with Crippen LogP contribution in [0, 0.1) is 12.8 Å². The van der Waals surface area contributed by atoms with Crippen LogP contribution in [0.25, 0.3) is 0 Å². The van der Waals surface area contributed by atoms with Crippen LogP contribution in [-0.2, 0) is 11.3 Å². The lowest BCUT2D eigenvalue weighted by Crippen LogP contribution is -2.56. The summed E-state index contributed by atoms with van der Waals surface area (Å²) >= 11 is 0. The lowest BCUT2D eigenvalue weighted by Gasteiger charge is -2.32. The summed E-state index contributed by atoms with van der Waals surface area (Å²) in [5, 5.41) is 3.17. The number of carbonyl (C=O) groups is 1. The van der Waals surface area contributed by atoms with Gasteiger partial charge in [-0.1, -0.05) is 6.42 Å². The smallest absolute Gasteiger partial charge is 0.238 e. The quantitative estimate of drug-likeness (QED) is 0.813. The first-order valence-corrected chi connectivity index (χ1v) is 6.56. The van der Waals surface area contributed by atoms with Crippen molar-refractivity contribution in [2.75, 3.05) is 7.05 Å². The van der Waals surface area contributed by atoms with Gasteiger partial charge in [-0.3, -0.25) is 4.79 Å². The van der Waals surface area contributed by atoms with E-state index in [0.717, 1.165) is 38.1 Å². The van der Waals surface area contributed by atoms with E-state index < -0.39 is 5.54 Å². The van der Waals surface area contributed by atoms with Crippen molar-refractivity contribution >= 4 is 5.91 Å². The van der Waals surface area contributed by atoms with Crippen LogP contribution < -0.4 is 11.1 Å². The Morgan fingerprint density at radius 2 is 2.50 bits per heavy atom. The minimum absolute atomic E-state index is 0.213. The number of hydrogen-bond donors (Lipinski definition) is 2. The standard InChI is InChI=1S/C13H22N4O/c1-10-16-7-9-17(10)8-5-11-4-3-6-13(11,15-2)12(14)18/h7,9,11,15H,3-6,8H2,1-2H3,(H2,14,18). The highest BCUT2D eigenvalue weighted by Crippen LogP contribution is 2.37. The first-order valence-electron chi connectivity index (χ1n) is 6.56. The van der Waals surface area contributed by atoms with E-state index in [2.05, 4.69) is 14.9 Å². The Hall–Kier alpha value is -1.36. The van der Waals surface area contributed by atoms with E-state index in [1.54, 1.807) is 0 Å². The molecule has 0 bridgehead atoms. The summed E-state index contributed by atoms with van der Waals surface area (Å²) in [7, 11) is 1.84. The number of carbonyl (C=O) groups excluding carboxylic acids is 1. The summed E-state index contributed by atoms with van der Waals surface area (Å²) in [4.78, 5) is 15.9. The Labute approximate surface area is 108 Å². The molecule has 2 unspecified atom stereocenters. The van der Waals surface area contributed by atoms with Crippen molar-refractivity contribution in [2.24, 2.45) is 11.7 Å². The van der Waals surface area contributed by atoms with Gasteiger partial charge in [0, 0.05) is 18.9 Å². The van der Waals surface area contributed by atoms with E-state index in [9.17, 15) is 4.79 Å². The molecule has 1 aliphatic rings. The van der Waals surface area contributed by atoms with E-state index in [-0.39, 0.29) is 5.91 Å². The van der Waals surface area contributed by atoms with Crippen LogP contribution in [0.3, 0.4) is 0 Å². The zero-order valence-corrected chi connectivity index (χ0v) is 11.1. The second-order valence-electron chi connectivity index (χ2n) is 5.13. The van der Waals surface area contributed by atoms with Gasteiger partial charge in [-0.25, -0.2) is 4.98 Å². The molecule has 1 saturated carbocycles. The van der Waals surface area contributed by atoms with Crippen LogP contribution in [0.15, 0.2) is 12.4 Å². The number of imidazole rings is 1. The molecule has 100 valence electrons. The molecule has 0 saturated heterocycles. The number of nitrogens with one attached hydrogen (secondary N) is 1. The first-order chi connectivity index (χ1) is 8.60. The third-order valence-electron chi connectivity index (χ3n) is 4.35. The van der Waals surface area contributed by atoms with Gasteiger partial charge in [-0.2, -0.15) is 0 Å². The second kappa shape index (κ2) is 5.10. The van der Waals surface area contributed by atoms with Crippen LogP contribution in [0.2, 0.25) is 0 Å². The Kier molecular flexibility index (Phi) is 3.71. The third-order valence-corrected chi connectivity index (χ3v) is 4.35. The fourth-order valence-corrected chi connectivity index (χ4v) is 3.18. The first kappa shape index (κ1) is 13.1. The van der Waals surface area contributed by atoms with E-state index >= 15 is 0 Å². The number of primary amides is 1. The van der Waals surface area contributed by atoms with Crippen molar-refractivity contribution < 1.29 is 4.79 Å². The van der Waals surface area contributed by atoms with Gasteiger partial charge < -0.3 is 15.6 Å². The maximum absolute atomic E-state index is 11.7. The molecule has 0 aromatic carbocycles. The maximum Gasteiger partial charge on any atom is 0.238 e. The summed E-state index contributed by atoms with van der Waals surface area (Å²) in [5.74, 6) is 1.12. The number of aromatic nitrogens is 2. The summed E-state index contributed by atoms with van der Waals surface area (Å²) < 4.78 is 2.12. The highest BCUT2D eigenvalue weighted by Gasteiger charge is 2.46. The molecule has 1 aromatic rings. The molecule has 3 N–H and O–H groups in total. The number of hydrogen-bond acceptors (Lipinski definition) is 3. The topological polar surface area (TPSA) is 72.9 Å². The van der Waals surface area contributed by atoms with Gasteiger partial charge in [-0.05, 0) is 39.2 Å². The summed E-state index contributed by atoms with van der Waals surface area (Å²) in [6, 6.07) is 0. The number of likely N-dealkylation sites (N-methyl/N-ethyl adjacent to an activating group) is 1. The fraction of sp³-hybridized carbons (Fsp3) is 0.692. The molecular weight excluding hydrogens is 228 g/mol. The normalized spacial score (nSPS) is 27.6. The van der Waals surface area contributed by atoms with Crippen molar-refractivity contribution in [3.05, 3.63) is 18.2 Å². The Balaban J connectivity index is 2.04. The average Bonchev–Trinajstić information content (AvgIpc) is 2.93. The molecule has 5 heteroatoms. The van der Waals surface area contributed by atoms with Crippen LogP contribution in [0.4, 0.5) is 0 Å². The molecule has 5 nitrogen and oxygen atoms in total. The minimum atomic E-state index is -0.505. The molecule has 0 aliphatic heterocycles. The lowest BCUT2D eigenvalue weighted by molar-refractivity contribution is -0.125. The summed E-state index contributed by atoms with van der Waals surface area (Å²) in [6.45, 7) is 2.89. The number of aryl methyl sites for hydroxylation is 2. The van der Waals surface area contributed by atoms with Gasteiger partial charge >= 0.3 is 0 Å². The molecule has 2 atom stereocenters. The molecule has 2 rings (SSSR count). The van der Waals surface area contributed by atoms with Gasteiger partial charge in [0.05, 0.1) is 0 Å². The molecule has 1 aromatic heterocycles. The molecule has 1 heterocycles. The fourth-order valence-electron chi connectivity index (χ4n) is 3.18. The maximum atomic E-state index is 11.7. The van der Waals surface area contributed by atoms with Crippen molar-refractivity contribution in [3.63, 3.8) is 0 Å². The Morgan fingerprint density at radius 1 is 1.72 bits per heavy atom. The number of nitrogens with zero attached hydrogens (tertiary/aromatic N) is 2. The van der Waals surface area contributed by atoms with Crippen molar-refractivity contribution in [1.29, 1.82) is 0 Å². The summed E-state index contributed by atoms with van der Waals surface area (Å²) in [6.07, 6.45) is 7.74. The van der Waals surface area contributed by atoms with Crippen LogP contribution in [0.1, 0.15) is 31.5 Å². The van der Waals surface area contributed by atoms with Gasteiger partial charge in [0.25, 0.3) is 0 Å². The molecule has 0 spiro atoms. The largest absolute Gasteiger partial charge is 0.368 e. The minimum Gasteiger partial charge on any atom is -0.368 e. The Bertz CT molecular complexity index is 428. The van der Waals surface area contributed by atoms with Gasteiger partial charge in [0.2, 0.25) is 5.91 Å². The molecular formula is C13H22N4O. The highest BCUT2D eigenvalue weighted by atomic mass is 16.1. The zero-order valence-electron chi connectivity index (χ0n) is 11.1. The molecule has 1 fully saturated rings. The average molecular weight is 250 g/mol. The molecule has 18 heavy (non-hydrogen) atoms. The Morgan fingerprint density at radius 3 is 3.06 bits per heavy atom. The van der Waals surface area contributed by atoms with E-state index in [1.165, 1.54) is 0 Å². The van der Waals surface area contributed by atoms with Crippen molar-refractivity contribution in [1.82, 2.24) is 14.9 Å². The van der Waals surface area contributed by atoms with Crippen LogP contribution >= 0.6 is 0 Å². The van der Waals surface area contributed by atoms with Gasteiger partial charge in [-0.15, -0.1) is 0 Å². The number of amides is 1. The van der Waals surface area contributed by atoms with Crippen molar-refractivity contribution in [3.8, 4) is 0 Å². The molecule has 1 amide bonds. The predicted octanol–water partition coefficient (Wildman–Crippen LogP) is 0.825. The van der Waals surface area contributed by atoms with Crippen LogP contribution in [-0.4, -0.2) is 28.0 Å².